The van der Waals surface area contributed by atoms with Crippen LogP contribution in [0.25, 0.3) is 0 Å². The van der Waals surface area contributed by atoms with Gasteiger partial charge in [-0.3, -0.25) is 0 Å². The Labute approximate surface area is 68.5 Å². The van der Waals surface area contributed by atoms with Gasteiger partial charge in [-0.2, -0.15) is 18.4 Å². The highest BCUT2D eigenvalue weighted by Gasteiger charge is 2.44. The first-order valence-electron chi connectivity index (χ1n) is 3.67. The van der Waals surface area contributed by atoms with Crippen LogP contribution in [0.15, 0.2) is 12.2 Å². The lowest BCUT2D eigenvalue weighted by Gasteiger charge is -2.25. The number of allylic oxidation sites excluding steroid dienone is 2. The van der Waals surface area contributed by atoms with E-state index in [-0.39, 0.29) is 12.8 Å². The van der Waals surface area contributed by atoms with Crippen LogP contribution in [0.2, 0.25) is 0 Å². The summed E-state index contributed by atoms with van der Waals surface area (Å²) >= 11 is 0. The predicted molar refractivity (Wildman–Crippen MR) is 37.0 cm³/mol. The second-order valence-electron chi connectivity index (χ2n) is 2.83. The largest absolute Gasteiger partial charge is 0.393 e. The lowest BCUT2D eigenvalue weighted by Crippen LogP contribution is -2.30. The third-order valence-electron chi connectivity index (χ3n) is 2.02. The number of nitriles is 1. The van der Waals surface area contributed by atoms with Crippen LogP contribution in [0, 0.1) is 23.2 Å². The quantitative estimate of drug-likeness (QED) is 0.519. The summed E-state index contributed by atoms with van der Waals surface area (Å²) in [5, 5.41) is 8.44. The van der Waals surface area contributed by atoms with Gasteiger partial charge in [0.25, 0.3) is 0 Å². The lowest BCUT2D eigenvalue weighted by atomic mass is 9.84. The Morgan fingerprint density at radius 3 is 2.25 bits per heavy atom. The molecule has 1 aliphatic rings. The van der Waals surface area contributed by atoms with E-state index in [1.807, 2.05) is 0 Å². The fraction of sp³-hybridized carbons (Fsp3) is 0.625. The topological polar surface area (TPSA) is 23.8 Å². The van der Waals surface area contributed by atoms with E-state index in [1.54, 1.807) is 12.1 Å². The van der Waals surface area contributed by atoms with Gasteiger partial charge in [0.05, 0.1) is 17.9 Å². The van der Waals surface area contributed by atoms with E-state index in [9.17, 15) is 13.2 Å². The first kappa shape index (κ1) is 9.11. The van der Waals surface area contributed by atoms with Gasteiger partial charge in [-0.05, 0) is 12.8 Å². The zero-order chi connectivity index (χ0) is 9.19. The number of rotatable bonds is 0. The van der Waals surface area contributed by atoms with Gasteiger partial charge in [-0.1, -0.05) is 12.2 Å². The number of alkyl halides is 3. The Kier molecular flexibility index (Phi) is 2.41. The van der Waals surface area contributed by atoms with Crippen LogP contribution in [0.5, 0.6) is 0 Å². The highest BCUT2D eigenvalue weighted by Crippen LogP contribution is 2.38. The van der Waals surface area contributed by atoms with Crippen molar-refractivity contribution < 1.29 is 13.2 Å². The summed E-state index contributed by atoms with van der Waals surface area (Å²) in [6.45, 7) is 0. The lowest BCUT2D eigenvalue weighted by molar-refractivity contribution is -0.183. The average Bonchev–Trinajstić information content (AvgIpc) is 2.03. The standard InChI is InChI=1S/C8H8F3N/c9-8(10,11)7-4-2-1-3-6(7)5-12/h1-2,6-7H,3-4H2. The molecule has 1 rings (SSSR count). The van der Waals surface area contributed by atoms with Crippen LogP contribution in [-0.2, 0) is 0 Å². The number of hydrogen-bond acceptors (Lipinski definition) is 1. The molecule has 1 aliphatic carbocycles. The average molecular weight is 175 g/mol. The van der Waals surface area contributed by atoms with Gasteiger partial charge in [0.1, 0.15) is 0 Å². The molecular formula is C8H8F3N. The minimum Gasteiger partial charge on any atom is -0.198 e. The molecule has 0 fully saturated rings. The third-order valence-corrected chi connectivity index (χ3v) is 2.02. The molecule has 0 aromatic heterocycles. The summed E-state index contributed by atoms with van der Waals surface area (Å²) in [5.41, 5.74) is 0. The number of hydrogen-bond donors (Lipinski definition) is 0. The van der Waals surface area contributed by atoms with Crippen molar-refractivity contribution in [2.75, 3.05) is 0 Å². The van der Waals surface area contributed by atoms with Crippen LogP contribution in [-0.4, -0.2) is 6.18 Å². The molecule has 0 heterocycles. The third kappa shape index (κ3) is 1.79. The minimum absolute atomic E-state index is 0.0538. The van der Waals surface area contributed by atoms with Crippen LogP contribution >= 0.6 is 0 Å². The van der Waals surface area contributed by atoms with Crippen molar-refractivity contribution in [1.29, 1.82) is 5.26 Å². The molecule has 0 saturated carbocycles. The molecule has 0 saturated heterocycles. The second-order valence-corrected chi connectivity index (χ2v) is 2.83. The fourth-order valence-corrected chi connectivity index (χ4v) is 1.32. The van der Waals surface area contributed by atoms with Gasteiger partial charge >= 0.3 is 6.18 Å². The number of nitrogens with zero attached hydrogens (tertiary/aromatic N) is 1. The molecule has 0 aliphatic heterocycles. The van der Waals surface area contributed by atoms with Gasteiger partial charge in [0.2, 0.25) is 0 Å². The summed E-state index contributed by atoms with van der Waals surface area (Å²) in [7, 11) is 0. The summed E-state index contributed by atoms with van der Waals surface area (Å²) in [4.78, 5) is 0. The monoisotopic (exact) mass is 175 g/mol. The zero-order valence-electron chi connectivity index (χ0n) is 6.30. The van der Waals surface area contributed by atoms with E-state index in [2.05, 4.69) is 0 Å². The van der Waals surface area contributed by atoms with Crippen molar-refractivity contribution in [3.05, 3.63) is 12.2 Å². The summed E-state index contributed by atoms with van der Waals surface area (Å²) in [6, 6.07) is 1.69. The first-order valence-corrected chi connectivity index (χ1v) is 3.67. The Balaban J connectivity index is 2.76. The van der Waals surface area contributed by atoms with Crippen LogP contribution < -0.4 is 0 Å². The molecule has 2 unspecified atom stereocenters. The van der Waals surface area contributed by atoms with E-state index in [1.165, 1.54) is 6.08 Å². The maximum absolute atomic E-state index is 12.2. The predicted octanol–water partition coefficient (Wildman–Crippen LogP) is 2.65. The molecule has 0 aromatic rings. The van der Waals surface area contributed by atoms with Gasteiger partial charge in [-0.15, -0.1) is 0 Å². The molecule has 12 heavy (non-hydrogen) atoms. The van der Waals surface area contributed by atoms with Gasteiger partial charge in [0.15, 0.2) is 0 Å². The SMILES string of the molecule is N#CC1CC=CCC1C(F)(F)F. The van der Waals surface area contributed by atoms with Crippen molar-refractivity contribution >= 4 is 0 Å². The Morgan fingerprint density at radius 1 is 1.25 bits per heavy atom. The molecule has 0 spiro atoms. The van der Waals surface area contributed by atoms with Crippen molar-refractivity contribution in [3.63, 3.8) is 0 Å². The smallest absolute Gasteiger partial charge is 0.198 e. The first-order chi connectivity index (χ1) is 5.55. The van der Waals surface area contributed by atoms with Crippen molar-refractivity contribution in [2.45, 2.75) is 19.0 Å². The highest BCUT2D eigenvalue weighted by atomic mass is 19.4. The number of halogens is 3. The minimum atomic E-state index is -4.23. The van der Waals surface area contributed by atoms with Gasteiger partial charge < -0.3 is 0 Å². The molecule has 0 bridgehead atoms. The van der Waals surface area contributed by atoms with Crippen molar-refractivity contribution in [3.8, 4) is 6.07 Å². The van der Waals surface area contributed by atoms with Crippen LogP contribution in [0.1, 0.15) is 12.8 Å². The van der Waals surface area contributed by atoms with Crippen LogP contribution in [0.4, 0.5) is 13.2 Å². The molecule has 4 heteroatoms. The van der Waals surface area contributed by atoms with E-state index in [0.29, 0.717) is 0 Å². The maximum Gasteiger partial charge on any atom is 0.393 e. The summed E-state index contributed by atoms with van der Waals surface area (Å²) in [5.74, 6) is -2.36. The molecule has 0 N–H and O–H groups in total. The normalized spacial score (nSPS) is 29.8. The highest BCUT2D eigenvalue weighted by molar-refractivity contribution is 5.03. The Morgan fingerprint density at radius 2 is 1.83 bits per heavy atom. The molecular weight excluding hydrogens is 167 g/mol. The van der Waals surface area contributed by atoms with E-state index in [4.69, 9.17) is 5.26 Å². The Bertz CT molecular complexity index is 223. The van der Waals surface area contributed by atoms with E-state index in [0.717, 1.165) is 0 Å². The molecule has 2 atom stereocenters. The fourth-order valence-electron chi connectivity index (χ4n) is 1.32. The van der Waals surface area contributed by atoms with Gasteiger partial charge in [-0.25, -0.2) is 0 Å². The zero-order valence-corrected chi connectivity index (χ0v) is 6.30. The second kappa shape index (κ2) is 3.18. The summed E-state index contributed by atoms with van der Waals surface area (Å²) in [6.07, 6.45) is -0.935. The molecule has 0 amide bonds. The molecule has 0 radical (unpaired) electrons. The van der Waals surface area contributed by atoms with E-state index >= 15 is 0 Å². The van der Waals surface area contributed by atoms with Crippen LogP contribution in [0.3, 0.4) is 0 Å². The summed E-state index contributed by atoms with van der Waals surface area (Å²) < 4.78 is 36.6. The molecule has 1 nitrogen and oxygen atoms in total. The maximum atomic E-state index is 12.2. The van der Waals surface area contributed by atoms with Crippen molar-refractivity contribution in [1.82, 2.24) is 0 Å². The Hall–Kier alpha value is -0.980. The molecule has 0 aromatic carbocycles. The van der Waals surface area contributed by atoms with E-state index < -0.39 is 18.0 Å². The van der Waals surface area contributed by atoms with Gasteiger partial charge in [0, 0.05) is 0 Å². The van der Waals surface area contributed by atoms with Crippen molar-refractivity contribution in [2.24, 2.45) is 11.8 Å². The molecule has 66 valence electrons.